The van der Waals surface area contributed by atoms with Crippen LogP contribution in [0.3, 0.4) is 0 Å². The normalized spacial score (nSPS) is 15.1. The lowest BCUT2D eigenvalue weighted by atomic mass is 9.89. The molecule has 0 bridgehead atoms. The number of aromatic nitrogens is 1. The summed E-state index contributed by atoms with van der Waals surface area (Å²) < 4.78 is 8.26. The molecule has 0 saturated carbocycles. The standard InChI is InChI=1S/C30H24NO.C13H13N.C2H6.H4N2/c1-21-18-24(15-17-32-29-12-6-5-11-26(21)29)23-13-14-28-27(20-23)30-25(10-7-16-31(28)30)19-22-8-3-2-4-9-22;14-10-11-6-8-13(9-7-11)12-4-2-1-3-5-12;2*1-2/h2-5,7-11,13-18,20H,1,6,12,19H2;1-9H,10,14H2;1-2H3;1-2H2/q+1;;;/b17-15-,24-18+;;;. The quantitative estimate of drug-likeness (QED) is 0.0978. The number of hydrogen-bond donors (Lipinski definition) is 3. The smallest absolute Gasteiger partial charge is 0.228 e. The highest BCUT2D eigenvalue weighted by atomic mass is 16.5. The van der Waals surface area contributed by atoms with Crippen molar-refractivity contribution in [2.45, 2.75) is 39.7 Å². The molecule has 0 fully saturated rings. The number of allylic oxidation sites excluding steroid dienone is 8. The second kappa shape index (κ2) is 17.7. The lowest BCUT2D eigenvalue weighted by molar-refractivity contribution is -0.599. The number of fused-ring (bicyclic) bond motifs is 4. The molecule has 6 N–H and O–H groups in total. The van der Waals surface area contributed by atoms with Crippen LogP contribution < -0.4 is 22.0 Å². The Balaban J connectivity index is 0.000000226. The number of hydrazine groups is 1. The van der Waals surface area contributed by atoms with Gasteiger partial charge in [0.25, 0.3) is 0 Å². The van der Waals surface area contributed by atoms with Crippen LogP contribution in [-0.2, 0) is 17.7 Å². The number of nitrogens with zero attached hydrogens (tertiary/aromatic N) is 1. The Hall–Kier alpha value is -5.59. The minimum Gasteiger partial charge on any atom is -0.469 e. The third-order valence-electron chi connectivity index (χ3n) is 8.71. The molecule has 5 aromatic rings. The van der Waals surface area contributed by atoms with Crippen LogP contribution in [-0.4, -0.2) is 0 Å². The molecular weight excluding hydrogens is 613 g/mol. The van der Waals surface area contributed by atoms with Gasteiger partial charge in [0.05, 0.1) is 6.26 Å². The monoisotopic (exact) mass is 659 g/mol. The Kier molecular flexibility index (Phi) is 12.6. The van der Waals surface area contributed by atoms with Gasteiger partial charge in [-0.25, -0.2) is 0 Å². The molecule has 0 atom stereocenters. The first-order valence-corrected chi connectivity index (χ1v) is 17.2. The van der Waals surface area contributed by atoms with Crippen molar-refractivity contribution in [2.75, 3.05) is 0 Å². The molecule has 0 unspecified atom stereocenters. The van der Waals surface area contributed by atoms with Gasteiger partial charge in [-0.15, -0.1) is 0 Å². The van der Waals surface area contributed by atoms with Gasteiger partial charge < -0.3 is 10.5 Å². The van der Waals surface area contributed by atoms with Crippen LogP contribution in [0.4, 0.5) is 0 Å². The molecule has 0 radical (unpaired) electrons. The summed E-state index contributed by atoms with van der Waals surface area (Å²) in [6.07, 6.45) is 15.4. The van der Waals surface area contributed by atoms with Gasteiger partial charge in [-0.05, 0) is 75.7 Å². The van der Waals surface area contributed by atoms with E-state index in [1.165, 1.54) is 50.3 Å². The second-order valence-corrected chi connectivity index (χ2v) is 11.7. The third-order valence-corrected chi connectivity index (χ3v) is 8.71. The molecule has 0 spiro atoms. The van der Waals surface area contributed by atoms with Crippen molar-refractivity contribution in [3.05, 3.63) is 198 Å². The molecule has 1 aromatic heterocycles. The summed E-state index contributed by atoms with van der Waals surface area (Å²) >= 11 is 0. The highest BCUT2D eigenvalue weighted by Crippen LogP contribution is 2.37. The lowest BCUT2D eigenvalue weighted by Gasteiger charge is -2.21. The first-order chi connectivity index (χ1) is 24.7. The zero-order chi connectivity index (χ0) is 35.3. The molecule has 1 aliphatic carbocycles. The fourth-order valence-electron chi connectivity index (χ4n) is 6.28. The highest BCUT2D eigenvalue weighted by molar-refractivity contribution is 5.84. The van der Waals surface area contributed by atoms with E-state index < -0.39 is 0 Å². The van der Waals surface area contributed by atoms with E-state index in [2.05, 4.69) is 150 Å². The Bertz CT molecular complexity index is 2020. The van der Waals surface area contributed by atoms with E-state index in [9.17, 15) is 0 Å². The minimum absolute atomic E-state index is 0.606. The van der Waals surface area contributed by atoms with Crippen molar-refractivity contribution < 1.29 is 9.30 Å². The Morgan fingerprint density at radius 3 is 2.14 bits per heavy atom. The summed E-state index contributed by atoms with van der Waals surface area (Å²) in [6.45, 7) is 8.93. The van der Waals surface area contributed by atoms with Gasteiger partial charge in [-0.1, -0.05) is 118 Å². The van der Waals surface area contributed by atoms with Crippen LogP contribution in [0, 0.1) is 0 Å². The fourth-order valence-corrected chi connectivity index (χ4v) is 6.28. The summed E-state index contributed by atoms with van der Waals surface area (Å²) in [5.74, 6) is 9.01. The van der Waals surface area contributed by atoms with Crippen molar-refractivity contribution in [2.24, 2.45) is 17.4 Å². The molecule has 252 valence electrons. The molecule has 8 rings (SSSR count). The van der Waals surface area contributed by atoms with Crippen molar-refractivity contribution in [1.82, 2.24) is 0 Å². The van der Waals surface area contributed by atoms with Crippen molar-refractivity contribution in [3.8, 4) is 28.1 Å². The average Bonchev–Trinajstić information content (AvgIpc) is 3.18. The lowest BCUT2D eigenvalue weighted by Crippen LogP contribution is -2.42. The number of rotatable bonds is 5. The van der Waals surface area contributed by atoms with E-state index in [0.29, 0.717) is 6.54 Å². The van der Waals surface area contributed by atoms with Crippen LogP contribution >= 0.6 is 0 Å². The minimum atomic E-state index is 0.606. The molecule has 5 nitrogen and oxygen atoms in total. The Morgan fingerprint density at radius 1 is 0.740 bits per heavy atom. The molecule has 3 aliphatic rings. The molecule has 0 saturated heterocycles. The van der Waals surface area contributed by atoms with Crippen LogP contribution in [0.2, 0.25) is 0 Å². The number of benzene rings is 4. The van der Waals surface area contributed by atoms with Crippen molar-refractivity contribution in [3.63, 3.8) is 0 Å². The second-order valence-electron chi connectivity index (χ2n) is 11.7. The third kappa shape index (κ3) is 8.16. The molecule has 50 heavy (non-hydrogen) atoms. The van der Waals surface area contributed by atoms with Gasteiger partial charge in [0.1, 0.15) is 11.3 Å². The predicted molar refractivity (Wildman–Crippen MR) is 208 cm³/mol. The summed E-state index contributed by atoms with van der Waals surface area (Å²) in [5, 5.41) is 0. The van der Waals surface area contributed by atoms with Crippen molar-refractivity contribution in [1.29, 1.82) is 0 Å². The van der Waals surface area contributed by atoms with E-state index in [1.54, 1.807) is 0 Å². The molecule has 5 heteroatoms. The van der Waals surface area contributed by atoms with E-state index in [1.807, 2.05) is 38.3 Å². The van der Waals surface area contributed by atoms with E-state index in [4.69, 9.17) is 10.5 Å². The topological polar surface area (TPSA) is 91.2 Å². The van der Waals surface area contributed by atoms with Gasteiger partial charge in [-0.2, -0.15) is 4.57 Å². The summed E-state index contributed by atoms with van der Waals surface area (Å²) in [6, 6.07) is 40.5. The number of pyridine rings is 1. The van der Waals surface area contributed by atoms with Gasteiger partial charge in [-0.3, -0.25) is 11.7 Å². The molecule has 4 aromatic carbocycles. The maximum atomic E-state index is 5.96. The zero-order valence-corrected chi connectivity index (χ0v) is 29.1. The van der Waals surface area contributed by atoms with Gasteiger partial charge in [0, 0.05) is 42.7 Å². The van der Waals surface area contributed by atoms with Gasteiger partial charge in [0.15, 0.2) is 6.20 Å². The van der Waals surface area contributed by atoms with Crippen LogP contribution in [0.25, 0.3) is 33.6 Å². The van der Waals surface area contributed by atoms with Crippen LogP contribution in [0.1, 0.15) is 48.9 Å². The predicted octanol–water partition coefficient (Wildman–Crippen LogP) is 9.28. The van der Waals surface area contributed by atoms with Crippen LogP contribution in [0.15, 0.2) is 176 Å². The molecular formula is C45H47N4O+. The Labute approximate surface area is 297 Å². The summed E-state index contributed by atoms with van der Waals surface area (Å²) in [4.78, 5) is 0. The van der Waals surface area contributed by atoms with E-state index >= 15 is 0 Å². The van der Waals surface area contributed by atoms with Gasteiger partial charge >= 0.3 is 0 Å². The maximum absolute atomic E-state index is 5.96. The van der Waals surface area contributed by atoms with E-state index in [0.717, 1.165) is 41.7 Å². The van der Waals surface area contributed by atoms with E-state index in [-0.39, 0.29) is 0 Å². The maximum Gasteiger partial charge on any atom is 0.228 e. The zero-order valence-electron chi connectivity index (χ0n) is 29.1. The molecule has 2 aliphatic heterocycles. The fraction of sp³-hybridized carbons (Fsp3) is 0.133. The SMILES string of the molecule is C=C1/C=C(c2ccc3c(c2)-c2c(Cc4ccccc4)ccc[n+]2-3)\C=C/OC2=C1C=CCC2.CC.NCc1ccc(-c2ccccc2)cc1.NN. The number of hydrogen-bond acceptors (Lipinski definition) is 4. The summed E-state index contributed by atoms with van der Waals surface area (Å²) in [7, 11) is 0. The molecule has 0 amide bonds. The first-order valence-electron chi connectivity index (χ1n) is 17.2. The highest BCUT2D eigenvalue weighted by Gasteiger charge is 2.35. The summed E-state index contributed by atoms with van der Waals surface area (Å²) in [5.41, 5.74) is 20.1. The average molecular weight is 660 g/mol. The Morgan fingerprint density at radius 2 is 1.42 bits per heavy atom. The number of ether oxygens (including phenoxy) is 1. The molecule has 3 heterocycles. The first kappa shape index (κ1) is 35.7. The van der Waals surface area contributed by atoms with Gasteiger partial charge in [0.2, 0.25) is 11.4 Å². The van der Waals surface area contributed by atoms with Crippen LogP contribution in [0.5, 0.6) is 0 Å². The number of nitrogens with two attached hydrogens (primary N) is 3. The van der Waals surface area contributed by atoms with Crippen molar-refractivity contribution >= 4 is 5.57 Å². The largest absolute Gasteiger partial charge is 0.469 e.